The second kappa shape index (κ2) is 8.44. The molecule has 0 aliphatic heterocycles. The van der Waals surface area contributed by atoms with Gasteiger partial charge in [-0.3, -0.25) is 9.59 Å². The molecule has 0 saturated heterocycles. The van der Waals surface area contributed by atoms with Crippen LogP contribution >= 0.6 is 11.6 Å². The van der Waals surface area contributed by atoms with Gasteiger partial charge in [0, 0.05) is 23.6 Å². The third-order valence-electron chi connectivity index (χ3n) is 3.26. The molecule has 0 aliphatic rings. The minimum absolute atomic E-state index is 0.140. The van der Waals surface area contributed by atoms with E-state index in [0.717, 1.165) is 0 Å². The summed E-state index contributed by atoms with van der Waals surface area (Å²) in [4.78, 5) is 27.8. The van der Waals surface area contributed by atoms with Crippen LogP contribution in [0.4, 0.5) is 0 Å². The molecule has 0 saturated carbocycles. The number of benzene rings is 1. The van der Waals surface area contributed by atoms with Gasteiger partial charge >= 0.3 is 0 Å². The Morgan fingerprint density at radius 2 is 2.00 bits per heavy atom. The molecule has 128 valence electrons. The van der Waals surface area contributed by atoms with Crippen molar-refractivity contribution in [3.8, 4) is 0 Å². The highest BCUT2D eigenvalue weighted by molar-refractivity contribution is 6.30. The maximum absolute atomic E-state index is 11.9. The fourth-order valence-corrected chi connectivity index (χ4v) is 2.14. The highest BCUT2D eigenvalue weighted by Gasteiger charge is 2.15. The van der Waals surface area contributed by atoms with Crippen molar-refractivity contribution in [1.82, 2.24) is 20.8 Å². The van der Waals surface area contributed by atoms with E-state index in [4.69, 9.17) is 16.1 Å². The van der Waals surface area contributed by atoms with Gasteiger partial charge in [-0.05, 0) is 44.5 Å². The first-order valence-corrected chi connectivity index (χ1v) is 7.97. The van der Waals surface area contributed by atoms with Crippen molar-refractivity contribution in [2.75, 3.05) is 6.54 Å². The first kappa shape index (κ1) is 17.9. The lowest BCUT2D eigenvalue weighted by Crippen LogP contribution is -2.29. The molecule has 1 aromatic heterocycles. The smallest absolute Gasteiger partial charge is 0.251 e. The van der Waals surface area contributed by atoms with E-state index < -0.39 is 0 Å². The van der Waals surface area contributed by atoms with E-state index in [0.29, 0.717) is 41.7 Å². The monoisotopic (exact) mass is 350 g/mol. The number of aromatic nitrogens is 2. The second-order valence-electron chi connectivity index (χ2n) is 5.34. The Balaban J connectivity index is 1.67. The Morgan fingerprint density at radius 1 is 1.29 bits per heavy atom. The topological polar surface area (TPSA) is 97.1 Å². The van der Waals surface area contributed by atoms with E-state index in [9.17, 15) is 9.59 Å². The lowest BCUT2D eigenvalue weighted by molar-refractivity contribution is -0.122. The van der Waals surface area contributed by atoms with Gasteiger partial charge in [-0.25, -0.2) is 0 Å². The Morgan fingerprint density at radius 3 is 2.62 bits per heavy atom. The molecule has 1 heterocycles. The van der Waals surface area contributed by atoms with Crippen molar-refractivity contribution in [1.29, 1.82) is 0 Å². The highest BCUT2D eigenvalue weighted by Crippen LogP contribution is 2.10. The summed E-state index contributed by atoms with van der Waals surface area (Å²) in [6.07, 6.45) is 0.819. The number of rotatable bonds is 7. The Hall–Kier alpha value is -2.41. The van der Waals surface area contributed by atoms with Crippen molar-refractivity contribution in [3.63, 3.8) is 0 Å². The fourth-order valence-electron chi connectivity index (χ4n) is 2.02. The average molecular weight is 351 g/mol. The van der Waals surface area contributed by atoms with Gasteiger partial charge in [0.05, 0.1) is 0 Å². The van der Waals surface area contributed by atoms with Crippen LogP contribution in [0.2, 0.25) is 5.02 Å². The molecule has 2 amide bonds. The molecule has 1 aromatic carbocycles. The summed E-state index contributed by atoms with van der Waals surface area (Å²) in [5.74, 6) is 0.564. The summed E-state index contributed by atoms with van der Waals surface area (Å²) in [6.45, 7) is 3.89. The third kappa shape index (κ3) is 5.34. The highest BCUT2D eigenvalue weighted by atomic mass is 35.5. The van der Waals surface area contributed by atoms with Crippen LogP contribution in [0.1, 0.15) is 47.9 Å². The first-order valence-electron chi connectivity index (χ1n) is 7.59. The Bertz CT molecular complexity index is 700. The summed E-state index contributed by atoms with van der Waals surface area (Å²) in [5.41, 5.74) is 0.532. The summed E-state index contributed by atoms with van der Waals surface area (Å²) < 4.78 is 5.00. The lowest BCUT2D eigenvalue weighted by Gasteiger charge is -2.10. The Labute approximate surface area is 144 Å². The molecule has 1 atom stereocenters. The molecular formula is C16H19ClN4O3. The number of halogens is 1. The number of aryl methyl sites for hydroxylation is 1. The molecule has 1 unspecified atom stereocenters. The molecule has 2 rings (SSSR count). The summed E-state index contributed by atoms with van der Waals surface area (Å²) >= 11 is 5.77. The Kier molecular flexibility index (Phi) is 6.31. The average Bonchev–Trinajstić information content (AvgIpc) is 2.98. The third-order valence-corrected chi connectivity index (χ3v) is 3.52. The summed E-state index contributed by atoms with van der Waals surface area (Å²) in [5, 5.41) is 9.79. The van der Waals surface area contributed by atoms with Crippen molar-refractivity contribution in [2.45, 2.75) is 32.7 Å². The molecule has 0 radical (unpaired) electrons. The van der Waals surface area contributed by atoms with Gasteiger partial charge in [0.2, 0.25) is 11.8 Å². The molecule has 2 aromatic rings. The SMILES string of the molecule is Cc1noc(C(C)NC(=O)CCCNC(=O)c2ccc(Cl)cc2)n1. The van der Waals surface area contributed by atoms with Gasteiger partial charge in [0.25, 0.3) is 5.91 Å². The van der Waals surface area contributed by atoms with E-state index in [1.165, 1.54) is 0 Å². The second-order valence-corrected chi connectivity index (χ2v) is 5.77. The van der Waals surface area contributed by atoms with Crippen LogP contribution in [0.25, 0.3) is 0 Å². The molecule has 0 fully saturated rings. The molecule has 8 heteroatoms. The van der Waals surface area contributed by atoms with E-state index in [1.807, 2.05) is 0 Å². The number of hydrogen-bond donors (Lipinski definition) is 2. The van der Waals surface area contributed by atoms with Crippen molar-refractivity contribution in [3.05, 3.63) is 46.6 Å². The molecule has 24 heavy (non-hydrogen) atoms. The predicted octanol–water partition coefficient (Wildman–Crippen LogP) is 2.42. The zero-order chi connectivity index (χ0) is 17.5. The van der Waals surface area contributed by atoms with Crippen molar-refractivity contribution in [2.24, 2.45) is 0 Å². The van der Waals surface area contributed by atoms with E-state index >= 15 is 0 Å². The van der Waals surface area contributed by atoms with Gasteiger partial charge in [-0.15, -0.1) is 0 Å². The maximum atomic E-state index is 11.9. The standard InChI is InChI=1S/C16H19ClN4O3/c1-10(16-20-11(2)21-24-16)19-14(22)4-3-9-18-15(23)12-5-7-13(17)8-6-12/h5-8,10H,3-4,9H2,1-2H3,(H,18,23)(H,19,22). The van der Waals surface area contributed by atoms with E-state index in [-0.39, 0.29) is 17.9 Å². The number of nitrogens with one attached hydrogen (secondary N) is 2. The quantitative estimate of drug-likeness (QED) is 0.747. The molecule has 0 spiro atoms. The number of amides is 2. The zero-order valence-corrected chi connectivity index (χ0v) is 14.3. The van der Waals surface area contributed by atoms with Crippen LogP contribution in [0.3, 0.4) is 0 Å². The number of carbonyl (C=O) groups excluding carboxylic acids is 2. The van der Waals surface area contributed by atoms with Crippen molar-refractivity contribution >= 4 is 23.4 Å². The molecule has 0 aliphatic carbocycles. The number of carbonyl (C=O) groups is 2. The lowest BCUT2D eigenvalue weighted by atomic mass is 10.2. The number of hydrogen-bond acceptors (Lipinski definition) is 5. The normalized spacial score (nSPS) is 11.8. The molecule has 0 bridgehead atoms. The van der Waals surface area contributed by atoms with Gasteiger partial charge in [-0.2, -0.15) is 4.98 Å². The first-order chi connectivity index (χ1) is 11.5. The molecule has 2 N–H and O–H groups in total. The van der Waals surface area contributed by atoms with Crippen LogP contribution in [0, 0.1) is 6.92 Å². The van der Waals surface area contributed by atoms with Gasteiger partial charge in [-0.1, -0.05) is 16.8 Å². The van der Waals surface area contributed by atoms with Crippen LogP contribution in [0.5, 0.6) is 0 Å². The van der Waals surface area contributed by atoms with Gasteiger partial charge in [0.15, 0.2) is 5.82 Å². The van der Waals surface area contributed by atoms with Crippen molar-refractivity contribution < 1.29 is 14.1 Å². The molecule has 7 nitrogen and oxygen atoms in total. The van der Waals surface area contributed by atoms with Crippen LogP contribution in [0.15, 0.2) is 28.8 Å². The predicted molar refractivity (Wildman–Crippen MR) is 88.6 cm³/mol. The van der Waals surface area contributed by atoms with Gasteiger partial charge < -0.3 is 15.2 Å². The number of nitrogens with zero attached hydrogens (tertiary/aromatic N) is 2. The minimum Gasteiger partial charge on any atom is -0.352 e. The van der Waals surface area contributed by atoms with Crippen LogP contribution < -0.4 is 10.6 Å². The largest absolute Gasteiger partial charge is 0.352 e. The fraction of sp³-hybridized carbons (Fsp3) is 0.375. The summed E-state index contributed by atoms with van der Waals surface area (Å²) in [7, 11) is 0. The van der Waals surface area contributed by atoms with Gasteiger partial charge in [0.1, 0.15) is 6.04 Å². The van der Waals surface area contributed by atoms with E-state index in [2.05, 4.69) is 20.8 Å². The molecular weight excluding hydrogens is 332 g/mol. The van der Waals surface area contributed by atoms with Crippen LogP contribution in [-0.2, 0) is 4.79 Å². The van der Waals surface area contributed by atoms with E-state index in [1.54, 1.807) is 38.1 Å². The maximum Gasteiger partial charge on any atom is 0.251 e. The summed E-state index contributed by atoms with van der Waals surface area (Å²) in [6, 6.07) is 6.27. The zero-order valence-electron chi connectivity index (χ0n) is 13.5. The minimum atomic E-state index is -0.345. The van der Waals surface area contributed by atoms with Crippen LogP contribution in [-0.4, -0.2) is 28.5 Å².